The molecular formula is C15H19FN2O2. The maximum absolute atomic E-state index is 13.6. The standard InChI is InChI=1S/C15H19FN2O2/c1-11(2)18(8-4-7-17)10-14(19)12-5-6-15(20-3)13(16)9-12/h5-6,9,11H,4,8,10H2,1-3H3. The molecule has 0 aliphatic rings. The van der Waals surface area contributed by atoms with Crippen molar-refractivity contribution in [2.24, 2.45) is 0 Å². The van der Waals surface area contributed by atoms with Gasteiger partial charge in [0, 0.05) is 24.6 Å². The zero-order valence-electron chi connectivity index (χ0n) is 12.0. The molecule has 1 aromatic carbocycles. The quantitative estimate of drug-likeness (QED) is 0.719. The average Bonchev–Trinajstić information content (AvgIpc) is 2.42. The third-order valence-corrected chi connectivity index (χ3v) is 3.06. The van der Waals surface area contributed by atoms with Gasteiger partial charge >= 0.3 is 0 Å². The van der Waals surface area contributed by atoms with Gasteiger partial charge in [-0.25, -0.2) is 4.39 Å². The Morgan fingerprint density at radius 3 is 2.70 bits per heavy atom. The number of Topliss-reactive ketones (excluding diaryl/α,β-unsaturated/α-hetero) is 1. The van der Waals surface area contributed by atoms with E-state index < -0.39 is 5.82 Å². The average molecular weight is 278 g/mol. The number of benzene rings is 1. The van der Waals surface area contributed by atoms with Crippen LogP contribution in [-0.4, -0.2) is 36.9 Å². The van der Waals surface area contributed by atoms with Gasteiger partial charge in [0.2, 0.25) is 0 Å². The summed E-state index contributed by atoms with van der Waals surface area (Å²) in [7, 11) is 1.38. The molecule has 0 aromatic heterocycles. The van der Waals surface area contributed by atoms with Gasteiger partial charge in [0.15, 0.2) is 17.3 Å². The molecule has 1 rings (SSSR count). The van der Waals surface area contributed by atoms with Crippen molar-refractivity contribution in [1.82, 2.24) is 4.90 Å². The van der Waals surface area contributed by atoms with E-state index in [1.165, 1.54) is 19.2 Å². The number of hydrogen-bond acceptors (Lipinski definition) is 4. The lowest BCUT2D eigenvalue weighted by Crippen LogP contribution is -2.36. The molecule has 0 radical (unpaired) electrons. The van der Waals surface area contributed by atoms with Crippen LogP contribution in [0.15, 0.2) is 18.2 Å². The predicted octanol–water partition coefficient (Wildman–Crippen LogP) is 2.64. The van der Waals surface area contributed by atoms with Crippen molar-refractivity contribution in [1.29, 1.82) is 5.26 Å². The van der Waals surface area contributed by atoms with Crippen LogP contribution < -0.4 is 4.74 Å². The molecule has 108 valence electrons. The Morgan fingerprint density at radius 1 is 1.50 bits per heavy atom. The summed E-state index contributed by atoms with van der Waals surface area (Å²) in [6.45, 7) is 4.61. The molecule has 0 saturated carbocycles. The molecule has 0 unspecified atom stereocenters. The molecule has 0 spiro atoms. The summed E-state index contributed by atoms with van der Waals surface area (Å²) in [5.41, 5.74) is 0.311. The van der Waals surface area contributed by atoms with Crippen molar-refractivity contribution in [3.8, 4) is 11.8 Å². The summed E-state index contributed by atoms with van der Waals surface area (Å²) in [5, 5.41) is 8.62. The summed E-state index contributed by atoms with van der Waals surface area (Å²) < 4.78 is 18.4. The number of carbonyl (C=O) groups excluding carboxylic acids is 1. The SMILES string of the molecule is COc1ccc(C(=O)CN(CCC#N)C(C)C)cc1F. The number of hydrogen-bond donors (Lipinski definition) is 0. The van der Waals surface area contributed by atoms with Crippen LogP contribution >= 0.6 is 0 Å². The minimum absolute atomic E-state index is 0.117. The van der Waals surface area contributed by atoms with E-state index >= 15 is 0 Å². The number of carbonyl (C=O) groups is 1. The van der Waals surface area contributed by atoms with E-state index in [1.807, 2.05) is 18.7 Å². The van der Waals surface area contributed by atoms with E-state index in [9.17, 15) is 9.18 Å². The second kappa shape index (κ2) is 7.61. The second-order valence-corrected chi connectivity index (χ2v) is 4.74. The number of methoxy groups -OCH3 is 1. The molecule has 20 heavy (non-hydrogen) atoms. The molecule has 0 fully saturated rings. The largest absolute Gasteiger partial charge is 0.494 e. The minimum Gasteiger partial charge on any atom is -0.494 e. The summed E-state index contributed by atoms with van der Waals surface area (Å²) in [5.74, 6) is -0.601. The summed E-state index contributed by atoms with van der Waals surface area (Å²) >= 11 is 0. The normalized spacial score (nSPS) is 10.7. The fraction of sp³-hybridized carbons (Fsp3) is 0.467. The molecule has 0 saturated heterocycles. The first-order valence-corrected chi connectivity index (χ1v) is 6.47. The van der Waals surface area contributed by atoms with E-state index in [1.54, 1.807) is 6.07 Å². The zero-order chi connectivity index (χ0) is 15.1. The van der Waals surface area contributed by atoms with E-state index in [0.29, 0.717) is 18.5 Å². The molecule has 0 bridgehead atoms. The van der Waals surface area contributed by atoms with Gasteiger partial charge in [-0.3, -0.25) is 9.69 Å². The molecule has 0 aliphatic carbocycles. The van der Waals surface area contributed by atoms with E-state index in [4.69, 9.17) is 10.00 Å². The van der Waals surface area contributed by atoms with Crippen LogP contribution in [0.1, 0.15) is 30.6 Å². The number of rotatable bonds is 7. The molecule has 0 N–H and O–H groups in total. The van der Waals surface area contributed by atoms with Crippen molar-refractivity contribution in [2.45, 2.75) is 26.3 Å². The highest BCUT2D eigenvalue weighted by Crippen LogP contribution is 2.18. The number of ketones is 1. The molecule has 1 aromatic rings. The monoisotopic (exact) mass is 278 g/mol. The van der Waals surface area contributed by atoms with Crippen molar-refractivity contribution < 1.29 is 13.9 Å². The summed E-state index contributed by atoms with van der Waals surface area (Å²) in [4.78, 5) is 14.0. The van der Waals surface area contributed by atoms with Crippen LogP contribution in [0, 0.1) is 17.1 Å². The van der Waals surface area contributed by atoms with Gasteiger partial charge < -0.3 is 4.74 Å². The maximum Gasteiger partial charge on any atom is 0.176 e. The molecule has 0 atom stereocenters. The molecule has 5 heteroatoms. The lowest BCUT2D eigenvalue weighted by molar-refractivity contribution is 0.0907. The van der Waals surface area contributed by atoms with E-state index in [0.717, 1.165) is 0 Å². The van der Waals surface area contributed by atoms with Crippen molar-refractivity contribution in [3.63, 3.8) is 0 Å². The topological polar surface area (TPSA) is 53.3 Å². The third-order valence-electron chi connectivity index (χ3n) is 3.06. The van der Waals surface area contributed by atoms with Gasteiger partial charge in [0.1, 0.15) is 0 Å². The Morgan fingerprint density at radius 2 is 2.20 bits per heavy atom. The first kappa shape index (κ1) is 16.1. The smallest absolute Gasteiger partial charge is 0.176 e. The highest BCUT2D eigenvalue weighted by Gasteiger charge is 2.16. The number of nitriles is 1. The second-order valence-electron chi connectivity index (χ2n) is 4.74. The number of nitrogens with zero attached hydrogens (tertiary/aromatic N) is 2. The van der Waals surface area contributed by atoms with Crippen molar-refractivity contribution in [2.75, 3.05) is 20.2 Å². The Kier molecular flexibility index (Phi) is 6.13. The van der Waals surface area contributed by atoms with Gasteiger partial charge in [-0.05, 0) is 32.0 Å². The highest BCUT2D eigenvalue weighted by molar-refractivity contribution is 5.97. The van der Waals surface area contributed by atoms with Crippen LogP contribution in [0.3, 0.4) is 0 Å². The number of halogens is 1. The Hall–Kier alpha value is -1.93. The lowest BCUT2D eigenvalue weighted by atomic mass is 10.1. The molecule has 0 aliphatic heterocycles. The first-order valence-electron chi connectivity index (χ1n) is 6.47. The molecule has 4 nitrogen and oxygen atoms in total. The molecule has 0 amide bonds. The summed E-state index contributed by atoms with van der Waals surface area (Å²) in [6.07, 6.45) is 0.364. The maximum atomic E-state index is 13.6. The van der Waals surface area contributed by atoms with Crippen molar-refractivity contribution in [3.05, 3.63) is 29.6 Å². The van der Waals surface area contributed by atoms with Crippen LogP contribution in [0.4, 0.5) is 4.39 Å². The van der Waals surface area contributed by atoms with Crippen LogP contribution in [0.5, 0.6) is 5.75 Å². The van der Waals surface area contributed by atoms with Gasteiger partial charge in [-0.1, -0.05) is 0 Å². The molecule has 0 heterocycles. The lowest BCUT2D eigenvalue weighted by Gasteiger charge is -2.24. The molecular weight excluding hydrogens is 259 g/mol. The minimum atomic E-state index is -0.550. The van der Waals surface area contributed by atoms with Gasteiger partial charge in [0.05, 0.1) is 19.7 Å². The van der Waals surface area contributed by atoms with Gasteiger partial charge in [0.25, 0.3) is 0 Å². The van der Waals surface area contributed by atoms with E-state index in [2.05, 4.69) is 6.07 Å². The van der Waals surface area contributed by atoms with Crippen molar-refractivity contribution >= 4 is 5.78 Å². The Bertz CT molecular complexity index is 509. The van der Waals surface area contributed by atoms with Gasteiger partial charge in [-0.2, -0.15) is 5.26 Å². The number of ether oxygens (including phenoxy) is 1. The Labute approximate surface area is 118 Å². The van der Waals surface area contributed by atoms with E-state index in [-0.39, 0.29) is 24.1 Å². The van der Waals surface area contributed by atoms with Crippen LogP contribution in [0.25, 0.3) is 0 Å². The highest BCUT2D eigenvalue weighted by atomic mass is 19.1. The first-order chi connectivity index (χ1) is 9.49. The van der Waals surface area contributed by atoms with Crippen LogP contribution in [0.2, 0.25) is 0 Å². The predicted molar refractivity (Wildman–Crippen MR) is 74.2 cm³/mol. The fourth-order valence-electron chi connectivity index (χ4n) is 1.83. The fourth-order valence-corrected chi connectivity index (χ4v) is 1.83. The zero-order valence-corrected chi connectivity index (χ0v) is 12.0. The summed E-state index contributed by atoms with van der Waals surface area (Å²) in [6, 6.07) is 6.38. The third kappa shape index (κ3) is 4.32. The Balaban J connectivity index is 2.78. The van der Waals surface area contributed by atoms with Crippen LogP contribution in [-0.2, 0) is 0 Å². The van der Waals surface area contributed by atoms with Gasteiger partial charge in [-0.15, -0.1) is 0 Å².